The van der Waals surface area contributed by atoms with Crippen molar-refractivity contribution in [1.29, 1.82) is 0 Å². The molecule has 0 aliphatic carbocycles. The molecule has 0 fully saturated rings. The summed E-state index contributed by atoms with van der Waals surface area (Å²) in [6.45, 7) is 6.35. The molecule has 0 unspecified atom stereocenters. The molecular weight excluding hydrogens is 252 g/mol. The molecule has 0 amide bonds. The molecule has 7 heteroatoms. The van der Waals surface area contributed by atoms with Gasteiger partial charge >= 0.3 is 0 Å². The molecule has 0 N–H and O–H groups in total. The Kier molecular flexibility index (Phi) is 4.35. The first-order chi connectivity index (χ1) is 7.38. The Morgan fingerprint density at radius 2 is 2.19 bits per heavy atom. The van der Waals surface area contributed by atoms with Gasteiger partial charge in [-0.1, -0.05) is 0 Å². The van der Waals surface area contributed by atoms with E-state index in [9.17, 15) is 8.42 Å². The predicted octanol–water partition coefficient (Wildman–Crippen LogP) is 1.93. The van der Waals surface area contributed by atoms with Gasteiger partial charge in [0.05, 0.1) is 18.5 Å². The maximum absolute atomic E-state index is 11.3. The van der Waals surface area contributed by atoms with Crippen LogP contribution in [0.2, 0.25) is 0 Å². The molecule has 0 saturated heterocycles. The lowest BCUT2D eigenvalue weighted by atomic mass is 10.3. The Morgan fingerprint density at radius 3 is 2.62 bits per heavy atom. The Morgan fingerprint density at radius 1 is 1.56 bits per heavy atom. The number of rotatable bonds is 5. The molecular formula is C9H15ClN2O3S. The lowest BCUT2D eigenvalue weighted by molar-refractivity contribution is 0.124. The average molecular weight is 267 g/mol. The van der Waals surface area contributed by atoms with E-state index in [0.717, 1.165) is 0 Å². The fraction of sp³-hybridized carbons (Fsp3) is 0.667. The first kappa shape index (κ1) is 13.5. The fourth-order valence-electron chi connectivity index (χ4n) is 1.36. The van der Waals surface area contributed by atoms with E-state index in [2.05, 4.69) is 5.10 Å². The smallest absolute Gasteiger partial charge is 0.264 e. The van der Waals surface area contributed by atoms with Crippen molar-refractivity contribution in [2.75, 3.05) is 6.61 Å². The summed E-state index contributed by atoms with van der Waals surface area (Å²) in [5.41, 5.74) is 0.492. The van der Waals surface area contributed by atoms with Crippen molar-refractivity contribution in [3.63, 3.8) is 0 Å². The van der Waals surface area contributed by atoms with Gasteiger partial charge in [-0.25, -0.2) is 8.42 Å². The zero-order valence-corrected chi connectivity index (χ0v) is 11.0. The van der Waals surface area contributed by atoms with Crippen molar-refractivity contribution in [1.82, 2.24) is 9.78 Å². The second-order valence-corrected chi connectivity index (χ2v) is 6.10. The van der Waals surface area contributed by atoms with Gasteiger partial charge in [-0.05, 0) is 20.8 Å². The van der Waals surface area contributed by atoms with Crippen LogP contribution in [0.4, 0.5) is 0 Å². The molecule has 1 aromatic heterocycles. The van der Waals surface area contributed by atoms with Gasteiger partial charge in [0.2, 0.25) is 0 Å². The van der Waals surface area contributed by atoms with Crippen LogP contribution in [0.15, 0.2) is 11.1 Å². The van der Waals surface area contributed by atoms with Gasteiger partial charge in [-0.3, -0.25) is 4.68 Å². The molecule has 0 bridgehead atoms. The monoisotopic (exact) mass is 266 g/mol. The van der Waals surface area contributed by atoms with E-state index >= 15 is 0 Å². The zero-order chi connectivity index (χ0) is 12.3. The normalized spacial score (nSPS) is 12.3. The van der Waals surface area contributed by atoms with Crippen molar-refractivity contribution in [3.8, 4) is 0 Å². The van der Waals surface area contributed by atoms with E-state index in [4.69, 9.17) is 15.4 Å². The highest BCUT2D eigenvalue weighted by molar-refractivity contribution is 8.13. The van der Waals surface area contributed by atoms with Crippen LogP contribution in [-0.2, 0) is 20.4 Å². The van der Waals surface area contributed by atoms with Crippen molar-refractivity contribution in [3.05, 3.63) is 11.9 Å². The van der Waals surface area contributed by atoms with Crippen LogP contribution in [0, 0.1) is 0 Å². The van der Waals surface area contributed by atoms with Crippen LogP contribution in [0.5, 0.6) is 0 Å². The Balaban J connectivity index is 3.20. The minimum atomic E-state index is -3.77. The third-order valence-corrected chi connectivity index (χ3v) is 3.42. The van der Waals surface area contributed by atoms with Gasteiger partial charge in [-0.2, -0.15) is 5.10 Å². The number of hydrogen-bond donors (Lipinski definition) is 0. The minimum Gasteiger partial charge on any atom is -0.375 e. The van der Waals surface area contributed by atoms with E-state index in [1.807, 2.05) is 20.8 Å². The molecule has 1 aromatic rings. The van der Waals surface area contributed by atoms with Gasteiger partial charge in [0.25, 0.3) is 9.05 Å². The largest absolute Gasteiger partial charge is 0.375 e. The van der Waals surface area contributed by atoms with Gasteiger partial charge in [-0.15, -0.1) is 0 Å². The van der Waals surface area contributed by atoms with Gasteiger partial charge < -0.3 is 4.74 Å². The molecule has 0 spiro atoms. The third-order valence-electron chi connectivity index (χ3n) is 2.06. The highest BCUT2D eigenvalue weighted by Crippen LogP contribution is 2.22. The minimum absolute atomic E-state index is 0.0244. The average Bonchev–Trinajstić information content (AvgIpc) is 2.57. The summed E-state index contributed by atoms with van der Waals surface area (Å²) in [5.74, 6) is 0. The summed E-state index contributed by atoms with van der Waals surface area (Å²) in [6, 6.07) is 0.0580. The summed E-state index contributed by atoms with van der Waals surface area (Å²) in [7, 11) is 1.56. The first-order valence-electron chi connectivity index (χ1n) is 4.96. The molecule has 1 heterocycles. The number of halogens is 1. The van der Waals surface area contributed by atoms with E-state index in [-0.39, 0.29) is 17.5 Å². The van der Waals surface area contributed by atoms with Crippen molar-refractivity contribution in [2.24, 2.45) is 0 Å². The van der Waals surface area contributed by atoms with E-state index in [1.165, 1.54) is 6.20 Å². The lowest BCUT2D eigenvalue weighted by Crippen LogP contribution is -2.10. The topological polar surface area (TPSA) is 61.2 Å². The van der Waals surface area contributed by atoms with Crippen LogP contribution in [0.3, 0.4) is 0 Å². The quantitative estimate of drug-likeness (QED) is 0.764. The first-order valence-corrected chi connectivity index (χ1v) is 7.27. The number of nitrogens with zero attached hydrogens (tertiary/aromatic N) is 2. The Hall–Kier alpha value is -0.590. The van der Waals surface area contributed by atoms with Gasteiger partial charge in [0.1, 0.15) is 4.90 Å². The van der Waals surface area contributed by atoms with Crippen LogP contribution >= 0.6 is 10.7 Å². The molecule has 0 aliphatic rings. The molecule has 0 atom stereocenters. The van der Waals surface area contributed by atoms with E-state index < -0.39 is 9.05 Å². The summed E-state index contributed by atoms with van der Waals surface area (Å²) in [5, 5.41) is 4.01. The number of ether oxygens (including phenoxy) is 1. The third kappa shape index (κ3) is 2.96. The predicted molar refractivity (Wildman–Crippen MR) is 61.0 cm³/mol. The molecule has 1 rings (SSSR count). The number of hydrogen-bond acceptors (Lipinski definition) is 4. The highest BCUT2D eigenvalue weighted by Gasteiger charge is 2.22. The fourth-order valence-corrected chi connectivity index (χ4v) is 2.35. The Labute approximate surface area is 99.8 Å². The molecule has 0 aromatic carbocycles. The second-order valence-electron chi connectivity index (χ2n) is 3.57. The molecule has 0 radical (unpaired) electrons. The maximum Gasteiger partial charge on any atom is 0.264 e. The van der Waals surface area contributed by atoms with Crippen LogP contribution in [0.1, 0.15) is 32.5 Å². The maximum atomic E-state index is 11.3. The zero-order valence-electron chi connectivity index (χ0n) is 9.47. The van der Waals surface area contributed by atoms with Crippen molar-refractivity contribution < 1.29 is 13.2 Å². The van der Waals surface area contributed by atoms with Gasteiger partial charge in [0, 0.05) is 23.3 Å². The van der Waals surface area contributed by atoms with Crippen molar-refractivity contribution >= 4 is 19.7 Å². The van der Waals surface area contributed by atoms with Crippen LogP contribution in [-0.4, -0.2) is 24.8 Å². The summed E-state index contributed by atoms with van der Waals surface area (Å²) in [6.07, 6.45) is 1.26. The van der Waals surface area contributed by atoms with Crippen LogP contribution in [0.25, 0.3) is 0 Å². The number of aromatic nitrogens is 2. The van der Waals surface area contributed by atoms with Crippen LogP contribution < -0.4 is 0 Å². The molecule has 0 aliphatic heterocycles. The molecule has 0 saturated carbocycles. The molecule has 5 nitrogen and oxygen atoms in total. The molecule has 92 valence electrons. The summed E-state index contributed by atoms with van der Waals surface area (Å²) in [4.78, 5) is 0.0244. The summed E-state index contributed by atoms with van der Waals surface area (Å²) >= 11 is 0. The standard InChI is InChI=1S/C9H15ClN2O3S/c1-4-15-6-8-9(16(10,13)14)5-11-12(8)7(2)3/h5,7H,4,6H2,1-3H3. The van der Waals surface area contributed by atoms with E-state index in [0.29, 0.717) is 12.3 Å². The highest BCUT2D eigenvalue weighted by atomic mass is 35.7. The van der Waals surface area contributed by atoms with Gasteiger partial charge in [0.15, 0.2) is 0 Å². The molecule has 16 heavy (non-hydrogen) atoms. The second kappa shape index (κ2) is 5.16. The van der Waals surface area contributed by atoms with Crippen molar-refractivity contribution in [2.45, 2.75) is 38.3 Å². The summed E-state index contributed by atoms with van der Waals surface area (Å²) < 4.78 is 29.4. The van der Waals surface area contributed by atoms with E-state index in [1.54, 1.807) is 4.68 Å². The Bertz CT molecular complexity index is 453. The SMILES string of the molecule is CCOCc1c(S(=O)(=O)Cl)cnn1C(C)C. The lowest BCUT2D eigenvalue weighted by Gasteiger charge is -2.11.